The molecule has 0 amide bonds. The largest absolute Gasteiger partial charge is 0.309 e. The van der Waals surface area contributed by atoms with Crippen molar-refractivity contribution in [1.29, 1.82) is 0 Å². The van der Waals surface area contributed by atoms with Crippen LogP contribution >= 0.6 is 7.14 Å². The van der Waals surface area contributed by atoms with E-state index in [1.807, 2.05) is 66.7 Å². The molecule has 1 atom stereocenters. The predicted octanol–water partition coefficient (Wildman–Crippen LogP) is 12.6. The summed E-state index contributed by atoms with van der Waals surface area (Å²) in [5.41, 5.74) is 13.7. The van der Waals surface area contributed by atoms with E-state index < -0.39 is 12.6 Å². The Morgan fingerprint density at radius 1 is 0.377 bits per heavy atom. The van der Waals surface area contributed by atoms with Crippen LogP contribution in [-0.4, -0.2) is 9.97 Å². The van der Waals surface area contributed by atoms with E-state index in [1.54, 1.807) is 0 Å². The van der Waals surface area contributed by atoms with Crippen LogP contribution < -0.4 is 15.9 Å². The number of aromatic nitrogens is 2. The number of hydrogen-bond acceptors (Lipinski definition) is 3. The second-order valence-electron chi connectivity index (χ2n) is 15.9. The first-order chi connectivity index (χ1) is 30.1. The van der Waals surface area contributed by atoms with Gasteiger partial charge >= 0.3 is 0 Å². The summed E-state index contributed by atoms with van der Waals surface area (Å²) >= 11 is 0. The van der Waals surface area contributed by atoms with E-state index in [4.69, 9.17) is 9.97 Å². The number of benzene rings is 9. The number of fused-ring (bicyclic) bond motifs is 11. The van der Waals surface area contributed by atoms with E-state index >= 15 is 4.57 Å². The van der Waals surface area contributed by atoms with Crippen molar-refractivity contribution >= 4 is 33.8 Å². The van der Waals surface area contributed by atoms with Crippen LogP contribution in [0, 0.1) is 0 Å². The lowest BCUT2D eigenvalue weighted by Gasteiger charge is -2.30. The van der Waals surface area contributed by atoms with Crippen LogP contribution in [0.1, 0.15) is 22.4 Å². The molecule has 1 unspecified atom stereocenters. The fourth-order valence-corrected chi connectivity index (χ4v) is 12.7. The van der Waals surface area contributed by atoms with Crippen molar-refractivity contribution in [3.63, 3.8) is 0 Å². The van der Waals surface area contributed by atoms with Crippen molar-refractivity contribution in [3.05, 3.63) is 247 Å². The Balaban J connectivity index is 1.10. The molecule has 0 bridgehead atoms. The predicted molar refractivity (Wildman–Crippen MR) is 252 cm³/mol. The third-order valence-corrected chi connectivity index (χ3v) is 15.9. The minimum absolute atomic E-state index is 0.702. The van der Waals surface area contributed by atoms with Gasteiger partial charge in [-0.2, -0.15) is 0 Å². The minimum atomic E-state index is -3.13. The zero-order valence-corrected chi connectivity index (χ0v) is 34.0. The number of nitrogens with zero attached hydrogens (tertiary/aromatic N) is 2. The zero-order chi connectivity index (χ0) is 40.5. The first kappa shape index (κ1) is 35.5. The van der Waals surface area contributed by atoms with Crippen LogP contribution in [0.3, 0.4) is 0 Å². The highest BCUT2D eigenvalue weighted by Crippen LogP contribution is 2.64. The maximum absolute atomic E-state index is 15.3. The van der Waals surface area contributed by atoms with Crippen LogP contribution in [-0.2, 0) is 9.98 Å². The third kappa shape index (κ3) is 5.21. The molecule has 12 rings (SSSR count). The van der Waals surface area contributed by atoms with Crippen LogP contribution in [0.4, 0.5) is 0 Å². The zero-order valence-electron chi connectivity index (χ0n) is 33.1. The summed E-state index contributed by atoms with van der Waals surface area (Å²) in [6, 6.07) is 78.2. The molecule has 286 valence electrons. The summed E-state index contributed by atoms with van der Waals surface area (Å²) in [6.07, 6.45) is 0. The molecule has 1 heterocycles. The Bertz CT molecular complexity index is 3330. The van der Waals surface area contributed by atoms with E-state index in [2.05, 4.69) is 158 Å². The van der Waals surface area contributed by atoms with Crippen molar-refractivity contribution in [2.24, 2.45) is 0 Å². The van der Waals surface area contributed by atoms with Gasteiger partial charge in [0.05, 0.1) is 16.8 Å². The standard InChI is InChI=1S/C57H37N2OP/c60-61(42-21-6-2-7-22-42,43-23-8-3-9-24-43)44-34-31-38(32-35-44)41-33-36-47-46-26-12-14-29-50(46)57(52(47)37-41)51-30-15-13-27-49(51)53-54(48-28-16-20-39-17-10-11-25-45(39)48)58-56(59-55(53)57)40-18-4-1-5-19-40/h1-37H. The SMILES string of the molecule is O=P(c1ccccc1)(c1ccccc1)c1ccc(-c2ccc3c(c2)C2(c4ccccc4-3)c3ccccc3-c3c(-c4cccc5ccccc45)nc(-c4ccccc4)nc32)cc1. The van der Waals surface area contributed by atoms with E-state index in [-0.39, 0.29) is 0 Å². The van der Waals surface area contributed by atoms with E-state index in [0.717, 1.165) is 66.1 Å². The van der Waals surface area contributed by atoms with Crippen molar-refractivity contribution < 1.29 is 4.57 Å². The molecule has 1 aromatic heterocycles. The fraction of sp³-hybridized carbons (Fsp3) is 0.0175. The first-order valence-corrected chi connectivity index (χ1v) is 22.5. The quantitative estimate of drug-likeness (QED) is 0.157. The summed E-state index contributed by atoms with van der Waals surface area (Å²) in [5, 5.41) is 4.79. The Labute approximate surface area is 355 Å². The molecule has 0 fully saturated rings. The van der Waals surface area contributed by atoms with Gasteiger partial charge < -0.3 is 4.57 Å². The van der Waals surface area contributed by atoms with Crippen LogP contribution in [0.2, 0.25) is 0 Å². The van der Waals surface area contributed by atoms with Crippen LogP contribution in [0.15, 0.2) is 224 Å². The Morgan fingerprint density at radius 3 is 1.62 bits per heavy atom. The second kappa shape index (κ2) is 13.8. The highest BCUT2D eigenvalue weighted by molar-refractivity contribution is 7.85. The summed E-state index contributed by atoms with van der Waals surface area (Å²) in [5.74, 6) is 0.702. The molecule has 9 aromatic carbocycles. The average molecular weight is 797 g/mol. The van der Waals surface area contributed by atoms with Crippen molar-refractivity contribution in [3.8, 4) is 56.0 Å². The highest BCUT2D eigenvalue weighted by Gasteiger charge is 2.54. The lowest BCUT2D eigenvalue weighted by atomic mass is 9.72. The first-order valence-electron chi connectivity index (χ1n) is 20.8. The lowest BCUT2D eigenvalue weighted by Crippen LogP contribution is -2.27. The van der Waals surface area contributed by atoms with Crippen molar-refractivity contribution in [2.45, 2.75) is 5.41 Å². The molecule has 2 aliphatic carbocycles. The third-order valence-electron chi connectivity index (χ3n) is 12.8. The van der Waals surface area contributed by atoms with Gasteiger partial charge in [-0.15, -0.1) is 0 Å². The molecule has 4 heteroatoms. The van der Waals surface area contributed by atoms with Gasteiger partial charge in [-0.05, 0) is 61.3 Å². The summed E-state index contributed by atoms with van der Waals surface area (Å²) < 4.78 is 15.3. The molecule has 0 aliphatic heterocycles. The van der Waals surface area contributed by atoms with Gasteiger partial charge in [-0.25, -0.2) is 9.97 Å². The van der Waals surface area contributed by atoms with Crippen molar-refractivity contribution in [2.75, 3.05) is 0 Å². The van der Waals surface area contributed by atoms with Gasteiger partial charge in [0.15, 0.2) is 13.0 Å². The Morgan fingerprint density at radius 2 is 0.902 bits per heavy atom. The Kier molecular flexibility index (Phi) is 8.04. The van der Waals surface area contributed by atoms with Gasteiger partial charge in [-0.1, -0.05) is 218 Å². The topological polar surface area (TPSA) is 42.9 Å². The molecule has 2 aliphatic rings. The summed E-state index contributed by atoms with van der Waals surface area (Å²) in [6.45, 7) is 0. The molecule has 61 heavy (non-hydrogen) atoms. The highest BCUT2D eigenvalue weighted by atomic mass is 31.2. The molecule has 0 N–H and O–H groups in total. The molecule has 0 saturated carbocycles. The van der Waals surface area contributed by atoms with Crippen LogP contribution in [0.5, 0.6) is 0 Å². The monoisotopic (exact) mass is 796 g/mol. The molecular formula is C57H37N2OP. The van der Waals surface area contributed by atoms with Gasteiger partial charge in [0.2, 0.25) is 0 Å². The number of rotatable bonds is 6. The molecule has 0 radical (unpaired) electrons. The Hall–Kier alpha value is -7.45. The fourth-order valence-electron chi connectivity index (χ4n) is 10.1. The summed E-state index contributed by atoms with van der Waals surface area (Å²) in [4.78, 5) is 11.2. The summed E-state index contributed by atoms with van der Waals surface area (Å²) in [7, 11) is -3.13. The maximum atomic E-state index is 15.3. The van der Waals surface area contributed by atoms with Gasteiger partial charge in [-0.3, -0.25) is 0 Å². The van der Waals surface area contributed by atoms with E-state index in [1.165, 1.54) is 33.2 Å². The van der Waals surface area contributed by atoms with Gasteiger partial charge in [0, 0.05) is 32.6 Å². The smallest absolute Gasteiger partial charge is 0.171 e. The second-order valence-corrected chi connectivity index (χ2v) is 18.7. The van der Waals surface area contributed by atoms with Gasteiger partial charge in [0.25, 0.3) is 0 Å². The minimum Gasteiger partial charge on any atom is -0.309 e. The van der Waals surface area contributed by atoms with E-state index in [0.29, 0.717) is 5.82 Å². The average Bonchev–Trinajstić information content (AvgIpc) is 3.81. The number of hydrogen-bond donors (Lipinski definition) is 0. The molecule has 10 aromatic rings. The van der Waals surface area contributed by atoms with Crippen molar-refractivity contribution in [1.82, 2.24) is 9.97 Å². The molecule has 1 spiro atoms. The molecule has 3 nitrogen and oxygen atoms in total. The maximum Gasteiger partial charge on any atom is 0.171 e. The van der Waals surface area contributed by atoms with E-state index in [9.17, 15) is 0 Å². The molecule has 0 saturated heterocycles. The normalized spacial score (nSPS) is 14.7. The lowest BCUT2D eigenvalue weighted by molar-refractivity contribution is 0.592. The molecular weight excluding hydrogens is 760 g/mol. The van der Waals surface area contributed by atoms with Gasteiger partial charge in [0.1, 0.15) is 0 Å². The van der Waals surface area contributed by atoms with Crippen LogP contribution in [0.25, 0.3) is 66.8 Å².